The number of nitrogens with zero attached hydrogens (tertiary/aromatic N) is 4. The van der Waals surface area contributed by atoms with Gasteiger partial charge in [0.15, 0.2) is 11.5 Å². The van der Waals surface area contributed by atoms with E-state index in [0.717, 1.165) is 5.56 Å². The number of ether oxygens (including phenoxy) is 2. The second-order valence-electron chi connectivity index (χ2n) is 6.06. The molecular formula is C18H17N5O4S. The Balaban J connectivity index is 1.37. The zero-order chi connectivity index (χ0) is 19.5. The highest BCUT2D eigenvalue weighted by Crippen LogP contribution is 2.32. The molecule has 0 bridgehead atoms. The molecule has 28 heavy (non-hydrogen) atoms. The molecule has 0 aliphatic carbocycles. The van der Waals surface area contributed by atoms with Gasteiger partial charge < -0.3 is 19.9 Å². The van der Waals surface area contributed by atoms with E-state index in [2.05, 4.69) is 20.8 Å². The molecule has 0 saturated carbocycles. The number of fused-ring (bicyclic) bond motifs is 1. The van der Waals surface area contributed by atoms with Gasteiger partial charge in [-0.3, -0.25) is 4.79 Å². The van der Waals surface area contributed by atoms with Gasteiger partial charge in [0.1, 0.15) is 5.75 Å². The molecule has 1 amide bonds. The smallest absolute Gasteiger partial charge is 0.233 e. The normalized spacial score (nSPS) is 13.3. The van der Waals surface area contributed by atoms with Crippen LogP contribution in [0.1, 0.15) is 12.5 Å². The molecule has 9 nitrogen and oxygen atoms in total. The number of phenols is 1. The van der Waals surface area contributed by atoms with Gasteiger partial charge in [-0.25, -0.2) is 0 Å². The Morgan fingerprint density at radius 3 is 2.86 bits per heavy atom. The average molecular weight is 399 g/mol. The number of carbonyl (C=O) groups excluding carboxylic acids is 1. The molecule has 1 aliphatic rings. The van der Waals surface area contributed by atoms with Crippen LogP contribution in [0, 0.1) is 0 Å². The number of hydrogen-bond acceptors (Lipinski definition) is 8. The van der Waals surface area contributed by atoms with Crippen molar-refractivity contribution in [2.75, 3.05) is 6.79 Å². The molecule has 0 saturated heterocycles. The standard InChI is InChI=1S/C18H17N5O4S/c1-11(17(25)19-9-12-2-7-15-16(8-12)27-10-26-15)28-18-20-21-22-23(18)13-3-5-14(24)6-4-13/h2-8,11,24H,9-10H2,1H3,(H,19,25)/t11-/m0/s1. The molecule has 144 valence electrons. The number of amides is 1. The number of carbonyl (C=O) groups is 1. The number of phenolic OH excluding ortho intramolecular Hbond substituents is 1. The Morgan fingerprint density at radius 2 is 2.04 bits per heavy atom. The van der Waals surface area contributed by atoms with Crippen molar-refractivity contribution in [1.82, 2.24) is 25.5 Å². The Morgan fingerprint density at radius 1 is 1.25 bits per heavy atom. The monoisotopic (exact) mass is 399 g/mol. The largest absolute Gasteiger partial charge is 0.508 e. The average Bonchev–Trinajstić information content (AvgIpc) is 3.35. The number of thioether (sulfide) groups is 1. The van der Waals surface area contributed by atoms with Crippen molar-refractivity contribution in [3.63, 3.8) is 0 Å². The first kappa shape index (κ1) is 18.1. The number of hydrogen-bond donors (Lipinski definition) is 2. The molecule has 0 fully saturated rings. The van der Waals surface area contributed by atoms with E-state index in [1.807, 2.05) is 18.2 Å². The molecule has 2 aromatic carbocycles. The van der Waals surface area contributed by atoms with Gasteiger partial charge in [0, 0.05) is 6.54 Å². The number of tetrazole rings is 1. The lowest BCUT2D eigenvalue weighted by atomic mass is 10.2. The lowest BCUT2D eigenvalue weighted by molar-refractivity contribution is -0.120. The summed E-state index contributed by atoms with van der Waals surface area (Å²) in [4.78, 5) is 12.5. The lowest BCUT2D eigenvalue weighted by Crippen LogP contribution is -2.30. The minimum atomic E-state index is -0.407. The van der Waals surface area contributed by atoms with Gasteiger partial charge in [0.05, 0.1) is 10.9 Å². The lowest BCUT2D eigenvalue weighted by Gasteiger charge is -2.12. The summed E-state index contributed by atoms with van der Waals surface area (Å²) in [5, 5.41) is 24.0. The highest BCUT2D eigenvalue weighted by molar-refractivity contribution is 8.00. The molecule has 2 N–H and O–H groups in total. The summed E-state index contributed by atoms with van der Waals surface area (Å²) in [6.45, 7) is 2.38. The minimum Gasteiger partial charge on any atom is -0.508 e. The molecule has 0 spiro atoms. The van der Waals surface area contributed by atoms with E-state index in [0.29, 0.717) is 28.9 Å². The first-order valence-electron chi connectivity index (χ1n) is 8.51. The van der Waals surface area contributed by atoms with E-state index < -0.39 is 5.25 Å². The van der Waals surface area contributed by atoms with E-state index >= 15 is 0 Å². The van der Waals surface area contributed by atoms with Crippen LogP contribution in [0.3, 0.4) is 0 Å². The van der Waals surface area contributed by atoms with Crippen molar-refractivity contribution in [3.8, 4) is 22.9 Å². The molecule has 0 radical (unpaired) electrons. The van der Waals surface area contributed by atoms with Crippen LogP contribution in [0.4, 0.5) is 0 Å². The second-order valence-corrected chi connectivity index (χ2v) is 7.36. The number of benzene rings is 2. The Labute approximate surface area is 164 Å². The number of aromatic nitrogens is 4. The van der Waals surface area contributed by atoms with Crippen molar-refractivity contribution < 1.29 is 19.4 Å². The topological polar surface area (TPSA) is 111 Å². The Hall–Kier alpha value is -3.27. The van der Waals surface area contributed by atoms with Crippen molar-refractivity contribution >= 4 is 17.7 Å². The summed E-state index contributed by atoms with van der Waals surface area (Å²) in [5.74, 6) is 1.41. The van der Waals surface area contributed by atoms with Crippen LogP contribution in [0.2, 0.25) is 0 Å². The number of nitrogens with one attached hydrogen (secondary N) is 1. The van der Waals surface area contributed by atoms with Gasteiger partial charge >= 0.3 is 0 Å². The van der Waals surface area contributed by atoms with Crippen LogP contribution in [-0.2, 0) is 11.3 Å². The molecule has 0 unspecified atom stereocenters. The summed E-state index contributed by atoms with van der Waals surface area (Å²) in [6, 6.07) is 12.1. The maximum Gasteiger partial charge on any atom is 0.233 e. The van der Waals surface area contributed by atoms with Crippen molar-refractivity contribution in [3.05, 3.63) is 48.0 Å². The van der Waals surface area contributed by atoms with Crippen LogP contribution in [0.15, 0.2) is 47.6 Å². The van der Waals surface area contributed by atoms with Crippen LogP contribution < -0.4 is 14.8 Å². The van der Waals surface area contributed by atoms with Crippen molar-refractivity contribution in [1.29, 1.82) is 0 Å². The summed E-state index contributed by atoms with van der Waals surface area (Å²) >= 11 is 1.25. The fraction of sp³-hybridized carbons (Fsp3) is 0.222. The minimum absolute atomic E-state index is 0.136. The number of aromatic hydroxyl groups is 1. The third kappa shape index (κ3) is 3.86. The molecule has 4 rings (SSSR count). The van der Waals surface area contributed by atoms with Crippen molar-refractivity contribution in [2.45, 2.75) is 23.9 Å². The molecule has 10 heteroatoms. The van der Waals surface area contributed by atoms with Gasteiger partial charge in [-0.15, -0.1) is 5.10 Å². The van der Waals surface area contributed by atoms with Gasteiger partial charge in [-0.05, 0) is 59.3 Å². The molecule has 3 aromatic rings. The van der Waals surface area contributed by atoms with Gasteiger partial charge in [0.2, 0.25) is 17.9 Å². The highest BCUT2D eigenvalue weighted by atomic mass is 32.2. The van der Waals surface area contributed by atoms with E-state index in [4.69, 9.17) is 9.47 Å². The summed E-state index contributed by atoms with van der Waals surface area (Å²) < 4.78 is 12.1. The highest BCUT2D eigenvalue weighted by Gasteiger charge is 2.20. The zero-order valence-electron chi connectivity index (χ0n) is 14.9. The second kappa shape index (κ2) is 7.77. The maximum atomic E-state index is 12.5. The predicted molar refractivity (Wildman–Crippen MR) is 101 cm³/mol. The first-order chi connectivity index (χ1) is 13.6. The van der Waals surface area contributed by atoms with Crippen LogP contribution >= 0.6 is 11.8 Å². The van der Waals surface area contributed by atoms with Gasteiger partial charge in [0.25, 0.3) is 0 Å². The molecule has 1 atom stereocenters. The van der Waals surface area contributed by atoms with E-state index in [1.165, 1.54) is 16.4 Å². The van der Waals surface area contributed by atoms with Gasteiger partial charge in [-0.1, -0.05) is 17.8 Å². The molecule has 1 aromatic heterocycles. The fourth-order valence-electron chi connectivity index (χ4n) is 2.60. The SMILES string of the molecule is C[C@H](Sc1nnnn1-c1ccc(O)cc1)C(=O)NCc1ccc2c(c1)OCO2. The number of rotatable bonds is 6. The van der Waals surface area contributed by atoms with Crippen LogP contribution in [0.5, 0.6) is 17.2 Å². The third-order valence-corrected chi connectivity index (χ3v) is 5.12. The van der Waals surface area contributed by atoms with E-state index in [-0.39, 0.29) is 18.4 Å². The Kier molecular flexibility index (Phi) is 5.02. The molecule has 2 heterocycles. The summed E-state index contributed by atoms with van der Waals surface area (Å²) in [5.41, 5.74) is 1.61. The predicted octanol–water partition coefficient (Wildman–Crippen LogP) is 1.89. The molecule has 1 aliphatic heterocycles. The fourth-order valence-corrected chi connectivity index (χ4v) is 3.44. The zero-order valence-corrected chi connectivity index (χ0v) is 15.7. The van der Waals surface area contributed by atoms with E-state index in [1.54, 1.807) is 31.2 Å². The van der Waals surface area contributed by atoms with E-state index in [9.17, 15) is 9.90 Å². The van der Waals surface area contributed by atoms with Crippen LogP contribution in [0.25, 0.3) is 5.69 Å². The first-order valence-corrected chi connectivity index (χ1v) is 9.39. The van der Waals surface area contributed by atoms with Crippen molar-refractivity contribution in [2.24, 2.45) is 0 Å². The third-order valence-electron chi connectivity index (χ3n) is 4.09. The Bertz CT molecular complexity index is 992. The summed E-state index contributed by atoms with van der Waals surface area (Å²) in [7, 11) is 0. The van der Waals surface area contributed by atoms with Crippen LogP contribution in [-0.4, -0.2) is 43.3 Å². The quantitative estimate of drug-likeness (QED) is 0.605. The van der Waals surface area contributed by atoms with Gasteiger partial charge in [-0.2, -0.15) is 4.68 Å². The summed E-state index contributed by atoms with van der Waals surface area (Å²) in [6.07, 6.45) is 0. The molecular weight excluding hydrogens is 382 g/mol. The maximum absolute atomic E-state index is 12.5.